The van der Waals surface area contributed by atoms with Gasteiger partial charge in [-0.2, -0.15) is 0 Å². The molecule has 0 amide bonds. The normalized spacial score (nSPS) is 12.9. The van der Waals surface area contributed by atoms with Crippen LogP contribution >= 0.6 is 0 Å². The maximum Gasteiger partial charge on any atom is 0.179 e. The highest BCUT2D eigenvalue weighted by atomic mass is 16.3. The molecular formula is C15H22N2O2. The number of aryl methyl sites for hydroxylation is 1. The summed E-state index contributed by atoms with van der Waals surface area (Å²) in [4.78, 5) is 4.12. The van der Waals surface area contributed by atoms with Gasteiger partial charge in [-0.15, -0.1) is 0 Å². The predicted molar refractivity (Wildman–Crippen MR) is 75.3 cm³/mol. The fourth-order valence-electron chi connectivity index (χ4n) is 2.31. The number of hydrogen-bond acceptors (Lipinski definition) is 3. The van der Waals surface area contributed by atoms with Crippen LogP contribution in [0, 0.1) is 0 Å². The van der Waals surface area contributed by atoms with Crippen LogP contribution in [-0.4, -0.2) is 25.7 Å². The van der Waals surface area contributed by atoms with Crippen LogP contribution in [0.2, 0.25) is 0 Å². The molecule has 0 bridgehead atoms. The van der Waals surface area contributed by atoms with Crippen LogP contribution in [0.1, 0.15) is 44.6 Å². The molecule has 2 aromatic heterocycles. The molecule has 104 valence electrons. The van der Waals surface area contributed by atoms with Gasteiger partial charge in [0.25, 0.3) is 0 Å². The Morgan fingerprint density at radius 2 is 2.11 bits per heavy atom. The van der Waals surface area contributed by atoms with E-state index in [2.05, 4.69) is 11.9 Å². The Balaban J connectivity index is 1.92. The van der Waals surface area contributed by atoms with Crippen molar-refractivity contribution in [1.82, 2.24) is 9.38 Å². The van der Waals surface area contributed by atoms with E-state index < -0.39 is 0 Å². The Bertz CT molecular complexity index is 522. The summed E-state index contributed by atoms with van der Waals surface area (Å²) in [5.74, 6) is 0.230. The number of aliphatic hydroxyl groups is 1. The Labute approximate surface area is 113 Å². The molecule has 4 nitrogen and oxygen atoms in total. The summed E-state index contributed by atoms with van der Waals surface area (Å²) in [6.45, 7) is 2.16. The molecule has 19 heavy (non-hydrogen) atoms. The van der Waals surface area contributed by atoms with Crippen molar-refractivity contribution in [1.29, 1.82) is 0 Å². The third-order valence-electron chi connectivity index (χ3n) is 3.51. The first-order valence-corrected chi connectivity index (χ1v) is 7.04. The zero-order valence-electron chi connectivity index (χ0n) is 11.4. The number of pyridine rings is 1. The van der Waals surface area contributed by atoms with E-state index in [1.807, 2.05) is 12.3 Å². The fourth-order valence-corrected chi connectivity index (χ4v) is 2.31. The van der Waals surface area contributed by atoms with E-state index in [-0.39, 0.29) is 11.9 Å². The van der Waals surface area contributed by atoms with Gasteiger partial charge in [-0.05, 0) is 30.9 Å². The molecular weight excluding hydrogens is 240 g/mol. The molecule has 0 aliphatic rings. The maximum absolute atomic E-state index is 10.1. The van der Waals surface area contributed by atoms with E-state index in [0.29, 0.717) is 18.5 Å². The summed E-state index contributed by atoms with van der Waals surface area (Å²) in [5, 5.41) is 20.0. The van der Waals surface area contributed by atoms with Gasteiger partial charge in [0.05, 0.1) is 6.10 Å². The van der Waals surface area contributed by atoms with Gasteiger partial charge in [-0.1, -0.05) is 26.2 Å². The Morgan fingerprint density at radius 3 is 2.89 bits per heavy atom. The molecule has 0 spiro atoms. The second kappa shape index (κ2) is 6.57. The van der Waals surface area contributed by atoms with Crippen molar-refractivity contribution >= 4 is 5.65 Å². The number of aromatic hydroxyl groups is 1. The minimum absolute atomic E-state index is 0.230. The number of rotatable bonds is 7. The third kappa shape index (κ3) is 3.47. The van der Waals surface area contributed by atoms with Gasteiger partial charge in [0.15, 0.2) is 11.4 Å². The number of unbranched alkanes of at least 4 members (excludes halogenated alkanes) is 2. The van der Waals surface area contributed by atoms with Crippen LogP contribution in [0.5, 0.6) is 5.75 Å². The van der Waals surface area contributed by atoms with E-state index in [4.69, 9.17) is 0 Å². The Hall–Kier alpha value is -1.55. The van der Waals surface area contributed by atoms with Gasteiger partial charge in [0.2, 0.25) is 0 Å². The molecule has 0 aliphatic heterocycles. The fraction of sp³-hybridized carbons (Fsp3) is 0.533. The molecule has 1 atom stereocenters. The van der Waals surface area contributed by atoms with E-state index in [1.165, 1.54) is 12.8 Å². The molecule has 0 saturated heterocycles. The second-order valence-corrected chi connectivity index (χ2v) is 5.04. The van der Waals surface area contributed by atoms with E-state index >= 15 is 0 Å². The summed E-state index contributed by atoms with van der Waals surface area (Å²) >= 11 is 0. The van der Waals surface area contributed by atoms with Gasteiger partial charge in [0, 0.05) is 18.6 Å². The highest BCUT2D eigenvalue weighted by molar-refractivity contribution is 5.56. The zero-order valence-corrected chi connectivity index (χ0v) is 11.4. The van der Waals surface area contributed by atoms with Gasteiger partial charge in [-0.3, -0.25) is 0 Å². The number of aliphatic hydroxyl groups excluding tert-OH is 1. The van der Waals surface area contributed by atoms with Crippen molar-refractivity contribution < 1.29 is 10.2 Å². The number of fused-ring (bicyclic) bond motifs is 1. The predicted octanol–water partition coefficient (Wildman–Crippen LogP) is 2.91. The van der Waals surface area contributed by atoms with E-state index in [0.717, 1.165) is 18.4 Å². The van der Waals surface area contributed by atoms with Crippen molar-refractivity contribution in [2.75, 3.05) is 0 Å². The van der Waals surface area contributed by atoms with Gasteiger partial charge in [0.1, 0.15) is 0 Å². The lowest BCUT2D eigenvalue weighted by atomic mass is 10.0. The quantitative estimate of drug-likeness (QED) is 0.754. The highest BCUT2D eigenvalue weighted by Crippen LogP contribution is 2.24. The van der Waals surface area contributed by atoms with Crippen LogP contribution in [0.25, 0.3) is 5.65 Å². The van der Waals surface area contributed by atoms with Crippen molar-refractivity contribution in [3.63, 3.8) is 0 Å². The summed E-state index contributed by atoms with van der Waals surface area (Å²) in [6.07, 6.45) is 10.7. The Morgan fingerprint density at radius 1 is 1.26 bits per heavy atom. The van der Waals surface area contributed by atoms with Crippen molar-refractivity contribution in [2.45, 2.75) is 51.6 Å². The van der Waals surface area contributed by atoms with Gasteiger partial charge in [-0.25, -0.2) is 4.98 Å². The molecule has 2 rings (SSSR count). The van der Waals surface area contributed by atoms with Gasteiger partial charge < -0.3 is 14.6 Å². The van der Waals surface area contributed by atoms with Crippen molar-refractivity contribution in [3.8, 4) is 5.75 Å². The van der Waals surface area contributed by atoms with Gasteiger partial charge >= 0.3 is 0 Å². The minimum Gasteiger partial charge on any atom is -0.504 e. The smallest absolute Gasteiger partial charge is 0.179 e. The average molecular weight is 262 g/mol. The van der Waals surface area contributed by atoms with Crippen LogP contribution < -0.4 is 0 Å². The molecule has 0 aromatic carbocycles. The number of aromatic nitrogens is 2. The maximum atomic E-state index is 10.1. The SMILES string of the molecule is CCCCC[C@H](O)CCc1ccn2ccnc2c1O. The molecule has 2 aromatic rings. The first kappa shape index (κ1) is 13.9. The summed E-state index contributed by atoms with van der Waals surface area (Å²) in [7, 11) is 0. The molecule has 2 N–H and O–H groups in total. The van der Waals surface area contributed by atoms with E-state index in [9.17, 15) is 10.2 Å². The number of imidazole rings is 1. The van der Waals surface area contributed by atoms with Crippen LogP contribution in [0.4, 0.5) is 0 Å². The van der Waals surface area contributed by atoms with Crippen LogP contribution in [-0.2, 0) is 6.42 Å². The zero-order chi connectivity index (χ0) is 13.7. The molecule has 0 aliphatic carbocycles. The van der Waals surface area contributed by atoms with Crippen molar-refractivity contribution in [2.24, 2.45) is 0 Å². The highest BCUT2D eigenvalue weighted by Gasteiger charge is 2.10. The molecule has 0 saturated carbocycles. The third-order valence-corrected chi connectivity index (χ3v) is 3.51. The first-order chi connectivity index (χ1) is 9.22. The van der Waals surface area contributed by atoms with Crippen LogP contribution in [0.3, 0.4) is 0 Å². The van der Waals surface area contributed by atoms with Crippen molar-refractivity contribution in [3.05, 3.63) is 30.2 Å². The first-order valence-electron chi connectivity index (χ1n) is 7.04. The largest absolute Gasteiger partial charge is 0.504 e. The monoisotopic (exact) mass is 262 g/mol. The standard InChI is InChI=1S/C15H22N2O2/c1-2-3-4-5-13(18)7-6-12-8-10-17-11-9-16-15(17)14(12)19/h8-11,13,18-19H,2-7H2,1H3/t13-/m0/s1. The van der Waals surface area contributed by atoms with Crippen LogP contribution in [0.15, 0.2) is 24.7 Å². The minimum atomic E-state index is -0.276. The average Bonchev–Trinajstić information content (AvgIpc) is 2.87. The summed E-state index contributed by atoms with van der Waals surface area (Å²) in [5.41, 5.74) is 1.44. The lowest BCUT2D eigenvalue weighted by Crippen LogP contribution is -2.08. The molecule has 0 radical (unpaired) electrons. The number of hydrogen-bond donors (Lipinski definition) is 2. The Kier molecular flexibility index (Phi) is 4.80. The topological polar surface area (TPSA) is 57.8 Å². The lowest BCUT2D eigenvalue weighted by Gasteiger charge is -2.11. The van der Waals surface area contributed by atoms with E-state index in [1.54, 1.807) is 16.8 Å². The molecule has 2 heterocycles. The lowest BCUT2D eigenvalue weighted by molar-refractivity contribution is 0.151. The molecule has 0 fully saturated rings. The molecule has 0 unspecified atom stereocenters. The summed E-state index contributed by atoms with van der Waals surface area (Å²) in [6, 6.07) is 1.89. The second-order valence-electron chi connectivity index (χ2n) is 5.04. The molecule has 4 heteroatoms. The summed E-state index contributed by atoms with van der Waals surface area (Å²) < 4.78 is 1.79. The number of nitrogens with zero attached hydrogens (tertiary/aromatic N) is 2.